The molecule has 138 valence electrons. The molecule has 8 heteroatoms. The van der Waals surface area contributed by atoms with Crippen LogP contribution >= 0.6 is 35.3 Å². The number of ether oxygens (including phenoxy) is 2. The topological polar surface area (TPSA) is 67.8 Å². The maximum atomic E-state index is 5.65. The number of aromatic nitrogens is 1. The largest absolute Gasteiger partial charge is 0.379 e. The molecule has 1 fully saturated rings. The molecule has 0 radical (unpaired) electrons. The second-order valence-electron chi connectivity index (χ2n) is 5.66. The summed E-state index contributed by atoms with van der Waals surface area (Å²) in [7, 11) is 1.79. The fourth-order valence-electron chi connectivity index (χ4n) is 2.49. The number of hydrogen-bond acceptors (Lipinski definition) is 5. The first-order valence-electron chi connectivity index (χ1n) is 8.26. The van der Waals surface area contributed by atoms with Gasteiger partial charge in [0, 0.05) is 31.7 Å². The molecule has 1 aromatic rings. The van der Waals surface area contributed by atoms with Crippen molar-refractivity contribution in [2.24, 2.45) is 4.99 Å². The smallest absolute Gasteiger partial charge is 0.191 e. The zero-order chi connectivity index (χ0) is 16.5. The van der Waals surface area contributed by atoms with Crippen LogP contribution in [0.3, 0.4) is 0 Å². The van der Waals surface area contributed by atoms with Crippen molar-refractivity contribution in [3.63, 3.8) is 0 Å². The van der Waals surface area contributed by atoms with Gasteiger partial charge in [-0.1, -0.05) is 0 Å². The second-order valence-corrected chi connectivity index (χ2v) is 6.95. The first kappa shape index (κ1) is 21.6. The lowest BCUT2D eigenvalue weighted by Crippen LogP contribution is -2.37. The van der Waals surface area contributed by atoms with E-state index in [1.54, 1.807) is 18.4 Å². The van der Waals surface area contributed by atoms with Gasteiger partial charge in [-0.15, -0.1) is 35.3 Å². The van der Waals surface area contributed by atoms with Gasteiger partial charge in [-0.25, -0.2) is 4.98 Å². The van der Waals surface area contributed by atoms with Crippen LogP contribution in [0.5, 0.6) is 0 Å². The molecular formula is C16H29IN4O2S. The number of halogens is 1. The minimum absolute atomic E-state index is 0. The number of aliphatic imine (C=N–C) groups is 1. The second kappa shape index (κ2) is 12.0. The summed E-state index contributed by atoms with van der Waals surface area (Å²) in [6.45, 7) is 8.02. The Labute approximate surface area is 165 Å². The third-order valence-corrected chi connectivity index (χ3v) is 4.80. The quantitative estimate of drug-likeness (QED) is 0.266. The fourth-order valence-corrected chi connectivity index (χ4v) is 3.37. The minimum Gasteiger partial charge on any atom is -0.379 e. The number of hydrogen-bond donors (Lipinski definition) is 2. The highest BCUT2D eigenvalue weighted by atomic mass is 127. The van der Waals surface area contributed by atoms with Gasteiger partial charge in [0.15, 0.2) is 5.96 Å². The van der Waals surface area contributed by atoms with E-state index in [4.69, 9.17) is 9.47 Å². The first-order valence-corrected chi connectivity index (χ1v) is 9.07. The van der Waals surface area contributed by atoms with Crippen molar-refractivity contribution >= 4 is 41.3 Å². The van der Waals surface area contributed by atoms with Crippen LogP contribution < -0.4 is 10.6 Å². The van der Waals surface area contributed by atoms with Crippen molar-refractivity contribution in [3.05, 3.63) is 15.6 Å². The normalized spacial score (nSPS) is 17.6. The molecule has 2 N–H and O–H groups in total. The minimum atomic E-state index is 0. The van der Waals surface area contributed by atoms with Crippen molar-refractivity contribution < 1.29 is 9.47 Å². The zero-order valence-electron chi connectivity index (χ0n) is 14.8. The summed E-state index contributed by atoms with van der Waals surface area (Å²) in [5.41, 5.74) is 1.10. The summed E-state index contributed by atoms with van der Waals surface area (Å²) in [5.74, 6) is 0.814. The van der Waals surface area contributed by atoms with E-state index >= 15 is 0 Å². The van der Waals surface area contributed by atoms with Crippen molar-refractivity contribution in [1.82, 2.24) is 15.6 Å². The van der Waals surface area contributed by atoms with E-state index in [0.717, 1.165) is 68.8 Å². The van der Waals surface area contributed by atoms with Crippen LogP contribution in [0, 0.1) is 13.8 Å². The Morgan fingerprint density at radius 1 is 1.42 bits per heavy atom. The van der Waals surface area contributed by atoms with Crippen LogP contribution in [-0.2, 0) is 16.0 Å². The van der Waals surface area contributed by atoms with Crippen molar-refractivity contribution in [1.29, 1.82) is 0 Å². The summed E-state index contributed by atoms with van der Waals surface area (Å²) in [6.07, 6.45) is 3.55. The SMILES string of the molecule is CN=C(NCCCOCC1CCCO1)NCc1sc(C)nc1C.I. The predicted octanol–water partition coefficient (Wildman–Crippen LogP) is 2.63. The lowest BCUT2D eigenvalue weighted by Gasteiger charge is -2.12. The molecule has 1 saturated heterocycles. The molecule has 0 aliphatic carbocycles. The average molecular weight is 468 g/mol. The summed E-state index contributed by atoms with van der Waals surface area (Å²) in [5, 5.41) is 7.73. The van der Waals surface area contributed by atoms with E-state index in [0.29, 0.717) is 6.10 Å². The lowest BCUT2D eigenvalue weighted by atomic mass is 10.2. The highest BCUT2D eigenvalue weighted by Crippen LogP contribution is 2.16. The Hall–Kier alpha value is -0.450. The van der Waals surface area contributed by atoms with Gasteiger partial charge >= 0.3 is 0 Å². The molecule has 0 saturated carbocycles. The number of nitrogens with one attached hydrogen (secondary N) is 2. The molecule has 2 rings (SSSR count). The Morgan fingerprint density at radius 2 is 2.25 bits per heavy atom. The number of thiazole rings is 1. The molecule has 1 unspecified atom stereocenters. The van der Waals surface area contributed by atoms with Gasteiger partial charge in [0.25, 0.3) is 0 Å². The highest BCUT2D eigenvalue weighted by Gasteiger charge is 2.14. The summed E-state index contributed by atoms with van der Waals surface area (Å²) in [4.78, 5) is 9.93. The first-order chi connectivity index (χ1) is 11.2. The Kier molecular flexibility index (Phi) is 10.8. The van der Waals surface area contributed by atoms with E-state index in [-0.39, 0.29) is 24.0 Å². The van der Waals surface area contributed by atoms with Crippen LogP contribution in [0.25, 0.3) is 0 Å². The van der Waals surface area contributed by atoms with Gasteiger partial charge in [0.2, 0.25) is 0 Å². The van der Waals surface area contributed by atoms with Gasteiger partial charge in [-0.05, 0) is 33.1 Å². The van der Waals surface area contributed by atoms with E-state index < -0.39 is 0 Å². The van der Waals surface area contributed by atoms with Crippen molar-refractivity contribution in [3.8, 4) is 0 Å². The molecule has 1 aliphatic rings. The molecule has 0 spiro atoms. The standard InChI is InChI=1S/C16H28N4O2S.HI/c1-12-15(23-13(2)20-12)10-19-16(17-3)18-7-5-8-21-11-14-6-4-9-22-14;/h14H,4-11H2,1-3H3,(H2,17,18,19);1H. The Morgan fingerprint density at radius 3 is 2.88 bits per heavy atom. The average Bonchev–Trinajstić information content (AvgIpc) is 3.15. The maximum absolute atomic E-state index is 5.65. The van der Waals surface area contributed by atoms with Crippen LogP contribution in [0.2, 0.25) is 0 Å². The summed E-state index contributed by atoms with van der Waals surface area (Å²) in [6, 6.07) is 0. The van der Waals surface area contributed by atoms with Crippen LogP contribution in [0.4, 0.5) is 0 Å². The highest BCUT2D eigenvalue weighted by molar-refractivity contribution is 14.0. The monoisotopic (exact) mass is 468 g/mol. The van der Waals surface area contributed by atoms with E-state index in [2.05, 4.69) is 20.6 Å². The Bertz CT molecular complexity index is 504. The molecule has 1 atom stereocenters. The molecule has 6 nitrogen and oxygen atoms in total. The molecule has 24 heavy (non-hydrogen) atoms. The fraction of sp³-hybridized carbons (Fsp3) is 0.750. The lowest BCUT2D eigenvalue weighted by molar-refractivity contribution is 0.0168. The summed E-state index contributed by atoms with van der Waals surface area (Å²) < 4.78 is 11.2. The van der Waals surface area contributed by atoms with Crippen LogP contribution in [0.1, 0.15) is 34.8 Å². The van der Waals surface area contributed by atoms with Crippen LogP contribution in [0.15, 0.2) is 4.99 Å². The molecule has 2 heterocycles. The zero-order valence-corrected chi connectivity index (χ0v) is 17.9. The van der Waals surface area contributed by atoms with Gasteiger partial charge in [0.05, 0.1) is 30.0 Å². The number of guanidine groups is 1. The van der Waals surface area contributed by atoms with Gasteiger partial charge < -0.3 is 20.1 Å². The molecular weight excluding hydrogens is 439 g/mol. The maximum Gasteiger partial charge on any atom is 0.191 e. The third-order valence-electron chi connectivity index (χ3n) is 3.73. The number of nitrogens with zero attached hydrogens (tertiary/aromatic N) is 2. The molecule has 0 bridgehead atoms. The molecule has 1 aromatic heterocycles. The van der Waals surface area contributed by atoms with Crippen molar-refractivity contribution in [2.45, 2.75) is 45.8 Å². The number of aryl methyl sites for hydroxylation is 2. The third kappa shape index (κ3) is 7.62. The van der Waals surface area contributed by atoms with Gasteiger partial charge in [-0.3, -0.25) is 4.99 Å². The van der Waals surface area contributed by atoms with E-state index in [1.165, 1.54) is 4.88 Å². The van der Waals surface area contributed by atoms with Gasteiger partial charge in [0.1, 0.15) is 0 Å². The predicted molar refractivity (Wildman–Crippen MR) is 110 cm³/mol. The van der Waals surface area contributed by atoms with Crippen molar-refractivity contribution in [2.75, 3.05) is 33.4 Å². The van der Waals surface area contributed by atoms with E-state index in [1.807, 2.05) is 13.8 Å². The summed E-state index contributed by atoms with van der Waals surface area (Å²) >= 11 is 1.73. The van der Waals surface area contributed by atoms with Crippen LogP contribution in [-0.4, -0.2) is 50.5 Å². The molecule has 0 aromatic carbocycles. The Balaban J connectivity index is 0.00000288. The molecule has 0 amide bonds. The number of rotatable bonds is 8. The van der Waals surface area contributed by atoms with E-state index in [9.17, 15) is 0 Å². The van der Waals surface area contributed by atoms with Gasteiger partial charge in [-0.2, -0.15) is 0 Å². The molecule has 1 aliphatic heterocycles.